The SMILES string of the molecule is CCN(c1cccc([N+](=O)[O-])c1C)S(=O)(=O)c1ccc(OC)c(OC)c1. The number of hydrogen-bond acceptors (Lipinski definition) is 6. The van der Waals surface area contributed by atoms with Gasteiger partial charge in [0.15, 0.2) is 11.5 Å². The number of nitrogens with zero attached hydrogens (tertiary/aromatic N) is 2. The number of anilines is 1. The molecule has 2 rings (SSSR count). The molecule has 0 N–H and O–H groups in total. The van der Waals surface area contributed by atoms with Crippen molar-refractivity contribution in [2.24, 2.45) is 0 Å². The molecule has 0 saturated heterocycles. The van der Waals surface area contributed by atoms with Crippen molar-refractivity contribution in [3.8, 4) is 11.5 Å². The summed E-state index contributed by atoms with van der Waals surface area (Å²) >= 11 is 0. The smallest absolute Gasteiger partial charge is 0.274 e. The van der Waals surface area contributed by atoms with Gasteiger partial charge in [0.2, 0.25) is 0 Å². The Morgan fingerprint density at radius 3 is 2.31 bits per heavy atom. The van der Waals surface area contributed by atoms with Crippen molar-refractivity contribution in [1.82, 2.24) is 0 Å². The second-order valence-electron chi connectivity index (χ2n) is 5.36. The molecule has 0 aliphatic rings. The van der Waals surface area contributed by atoms with Gasteiger partial charge in [0.1, 0.15) is 0 Å². The molecule has 0 amide bonds. The fourth-order valence-electron chi connectivity index (χ4n) is 2.65. The maximum atomic E-state index is 13.1. The molecule has 0 bridgehead atoms. The van der Waals surface area contributed by atoms with Crippen molar-refractivity contribution in [2.75, 3.05) is 25.1 Å². The molecule has 8 nitrogen and oxygen atoms in total. The topological polar surface area (TPSA) is 99.0 Å². The van der Waals surface area contributed by atoms with Crippen LogP contribution in [0.25, 0.3) is 0 Å². The lowest BCUT2D eigenvalue weighted by Gasteiger charge is -2.24. The van der Waals surface area contributed by atoms with E-state index in [-0.39, 0.29) is 34.1 Å². The summed E-state index contributed by atoms with van der Waals surface area (Å²) in [6, 6.07) is 8.63. The van der Waals surface area contributed by atoms with Gasteiger partial charge in [0.25, 0.3) is 15.7 Å². The van der Waals surface area contributed by atoms with Crippen LogP contribution >= 0.6 is 0 Å². The number of sulfonamides is 1. The first kappa shape index (κ1) is 19.5. The van der Waals surface area contributed by atoms with Crippen LogP contribution in [0.1, 0.15) is 12.5 Å². The lowest BCUT2D eigenvalue weighted by Crippen LogP contribution is -2.31. The van der Waals surface area contributed by atoms with Gasteiger partial charge in [-0.3, -0.25) is 14.4 Å². The molecule has 0 unspecified atom stereocenters. The number of hydrogen-bond donors (Lipinski definition) is 0. The van der Waals surface area contributed by atoms with Gasteiger partial charge >= 0.3 is 0 Å². The van der Waals surface area contributed by atoms with Crippen LogP contribution in [-0.4, -0.2) is 34.1 Å². The van der Waals surface area contributed by atoms with Crippen LogP contribution in [0.3, 0.4) is 0 Å². The molecule has 0 heterocycles. The van der Waals surface area contributed by atoms with Gasteiger partial charge in [-0.05, 0) is 32.0 Å². The van der Waals surface area contributed by atoms with Crippen LogP contribution in [0.2, 0.25) is 0 Å². The highest BCUT2D eigenvalue weighted by atomic mass is 32.2. The Morgan fingerprint density at radius 1 is 1.12 bits per heavy atom. The van der Waals surface area contributed by atoms with Crippen LogP contribution in [0.15, 0.2) is 41.3 Å². The van der Waals surface area contributed by atoms with E-state index in [0.29, 0.717) is 5.75 Å². The Bertz CT molecular complexity index is 927. The monoisotopic (exact) mass is 380 g/mol. The van der Waals surface area contributed by atoms with E-state index in [1.165, 1.54) is 51.5 Å². The number of rotatable bonds is 7. The summed E-state index contributed by atoms with van der Waals surface area (Å²) in [5, 5.41) is 11.2. The van der Waals surface area contributed by atoms with Crippen molar-refractivity contribution in [2.45, 2.75) is 18.7 Å². The van der Waals surface area contributed by atoms with E-state index in [4.69, 9.17) is 9.47 Å². The average molecular weight is 380 g/mol. The molecule has 0 saturated carbocycles. The van der Waals surface area contributed by atoms with E-state index in [1.54, 1.807) is 13.0 Å². The molecule has 9 heteroatoms. The van der Waals surface area contributed by atoms with Crippen LogP contribution < -0.4 is 13.8 Å². The summed E-state index contributed by atoms with van der Waals surface area (Å²) in [4.78, 5) is 10.6. The van der Waals surface area contributed by atoms with Crippen LogP contribution in [-0.2, 0) is 10.0 Å². The Balaban J connectivity index is 2.60. The summed E-state index contributed by atoms with van der Waals surface area (Å²) in [5.74, 6) is 0.682. The number of methoxy groups -OCH3 is 2. The highest BCUT2D eigenvalue weighted by molar-refractivity contribution is 7.92. The van der Waals surface area contributed by atoms with Gasteiger partial charge in [0, 0.05) is 18.7 Å². The average Bonchev–Trinajstić information content (AvgIpc) is 2.62. The zero-order valence-corrected chi connectivity index (χ0v) is 15.7. The van der Waals surface area contributed by atoms with Crippen LogP contribution in [0.4, 0.5) is 11.4 Å². The van der Waals surface area contributed by atoms with Gasteiger partial charge in [-0.25, -0.2) is 8.42 Å². The quantitative estimate of drug-likeness (QED) is 0.540. The minimum atomic E-state index is -3.95. The Kier molecular flexibility index (Phi) is 5.71. The van der Waals surface area contributed by atoms with E-state index >= 15 is 0 Å². The molecule has 0 atom stereocenters. The molecule has 0 aliphatic carbocycles. The number of nitro benzene ring substituents is 1. The molecule has 2 aromatic rings. The lowest BCUT2D eigenvalue weighted by molar-refractivity contribution is -0.385. The molecular weight excluding hydrogens is 360 g/mol. The van der Waals surface area contributed by atoms with E-state index in [2.05, 4.69) is 0 Å². The highest BCUT2D eigenvalue weighted by Crippen LogP contribution is 2.34. The summed E-state index contributed by atoms with van der Waals surface area (Å²) in [6.07, 6.45) is 0. The first-order valence-electron chi connectivity index (χ1n) is 7.76. The number of ether oxygens (including phenoxy) is 2. The van der Waals surface area contributed by atoms with Crippen molar-refractivity contribution in [1.29, 1.82) is 0 Å². The van der Waals surface area contributed by atoms with Gasteiger partial charge in [-0.1, -0.05) is 6.07 Å². The zero-order chi connectivity index (χ0) is 19.5. The molecule has 0 aromatic heterocycles. The molecule has 26 heavy (non-hydrogen) atoms. The molecule has 0 fully saturated rings. The van der Waals surface area contributed by atoms with Gasteiger partial charge in [-0.15, -0.1) is 0 Å². The van der Waals surface area contributed by atoms with E-state index in [0.717, 1.165) is 4.31 Å². The second kappa shape index (κ2) is 7.61. The third-order valence-corrected chi connectivity index (χ3v) is 5.86. The third kappa shape index (κ3) is 3.43. The minimum Gasteiger partial charge on any atom is -0.493 e. The molecule has 0 spiro atoms. The second-order valence-corrected chi connectivity index (χ2v) is 7.23. The summed E-state index contributed by atoms with van der Waals surface area (Å²) < 4.78 is 37.7. The fraction of sp³-hybridized carbons (Fsp3) is 0.294. The van der Waals surface area contributed by atoms with Crippen molar-refractivity contribution >= 4 is 21.4 Å². The number of nitro groups is 1. The van der Waals surface area contributed by atoms with Gasteiger partial charge in [-0.2, -0.15) is 0 Å². The predicted molar refractivity (Wildman–Crippen MR) is 97.6 cm³/mol. The standard InChI is InChI=1S/C17H20N2O6S/c1-5-18(14-7-6-8-15(12(14)2)19(20)21)26(22,23)13-9-10-16(24-3)17(11-13)25-4/h6-11H,5H2,1-4H3. The normalized spacial score (nSPS) is 11.1. The van der Waals surface area contributed by atoms with Crippen molar-refractivity contribution in [3.63, 3.8) is 0 Å². The fourth-order valence-corrected chi connectivity index (χ4v) is 4.20. The lowest BCUT2D eigenvalue weighted by atomic mass is 10.1. The largest absolute Gasteiger partial charge is 0.493 e. The Hall–Kier alpha value is -2.81. The maximum absolute atomic E-state index is 13.1. The molecule has 2 aromatic carbocycles. The number of benzene rings is 2. The molecule has 140 valence electrons. The first-order chi connectivity index (χ1) is 12.3. The van der Waals surface area contributed by atoms with Crippen molar-refractivity contribution in [3.05, 3.63) is 52.1 Å². The van der Waals surface area contributed by atoms with Crippen LogP contribution in [0, 0.1) is 17.0 Å². The van der Waals surface area contributed by atoms with Crippen molar-refractivity contribution < 1.29 is 22.8 Å². The van der Waals surface area contributed by atoms with Gasteiger partial charge in [0.05, 0.1) is 35.3 Å². The highest BCUT2D eigenvalue weighted by Gasteiger charge is 2.28. The first-order valence-corrected chi connectivity index (χ1v) is 9.20. The van der Waals surface area contributed by atoms with E-state index < -0.39 is 14.9 Å². The Morgan fingerprint density at radius 2 is 1.77 bits per heavy atom. The molecular formula is C17H20N2O6S. The van der Waals surface area contributed by atoms with E-state index in [1.807, 2.05) is 0 Å². The third-order valence-electron chi connectivity index (χ3n) is 3.97. The molecule has 0 aliphatic heterocycles. The summed E-state index contributed by atoms with van der Waals surface area (Å²) in [6.45, 7) is 3.30. The van der Waals surface area contributed by atoms with Gasteiger partial charge < -0.3 is 9.47 Å². The zero-order valence-electron chi connectivity index (χ0n) is 14.9. The summed E-state index contributed by atoms with van der Waals surface area (Å²) in [7, 11) is -1.08. The minimum absolute atomic E-state index is 0.00269. The predicted octanol–water partition coefficient (Wildman–Crippen LogP) is 3.14. The maximum Gasteiger partial charge on any atom is 0.274 e. The van der Waals surface area contributed by atoms with E-state index in [9.17, 15) is 18.5 Å². The summed E-state index contributed by atoms with van der Waals surface area (Å²) in [5.41, 5.74) is 0.406. The van der Waals surface area contributed by atoms with Crippen LogP contribution in [0.5, 0.6) is 11.5 Å². The Labute approximate surface area is 152 Å². The molecule has 0 radical (unpaired) electrons.